The van der Waals surface area contributed by atoms with Gasteiger partial charge in [0.25, 0.3) is 0 Å². The van der Waals surface area contributed by atoms with Crippen LogP contribution in [0.5, 0.6) is 0 Å². The van der Waals surface area contributed by atoms with E-state index in [1.807, 2.05) is 4.90 Å². The molecule has 0 atom stereocenters. The molecule has 3 rings (SSSR count). The fourth-order valence-electron chi connectivity index (χ4n) is 3.05. The van der Waals surface area contributed by atoms with E-state index in [4.69, 9.17) is 0 Å². The minimum absolute atomic E-state index is 0.284. The summed E-state index contributed by atoms with van der Waals surface area (Å²) in [5, 5.41) is 0. The van der Waals surface area contributed by atoms with Gasteiger partial charge in [-0.1, -0.05) is 0 Å². The van der Waals surface area contributed by atoms with Crippen molar-refractivity contribution in [2.75, 3.05) is 26.2 Å². The van der Waals surface area contributed by atoms with Crippen LogP contribution in [0.1, 0.15) is 30.5 Å². The number of hydrogen-bond donors (Lipinski definition) is 1. The molecule has 3 heterocycles. The minimum Gasteiger partial charge on any atom is -0.352 e. The lowest BCUT2D eigenvalue weighted by Gasteiger charge is -2.28. The first-order chi connectivity index (χ1) is 9.65. The van der Waals surface area contributed by atoms with Gasteiger partial charge in [0.05, 0.1) is 9.08 Å². The highest BCUT2D eigenvalue weighted by Gasteiger charge is 2.25. The van der Waals surface area contributed by atoms with Gasteiger partial charge in [0.1, 0.15) is 0 Å². The molecule has 0 saturated carbocycles. The van der Waals surface area contributed by atoms with E-state index in [1.165, 1.54) is 24.1 Å². The van der Waals surface area contributed by atoms with E-state index in [1.54, 1.807) is 0 Å². The lowest BCUT2D eigenvalue weighted by Crippen LogP contribution is -2.37. The molecule has 20 heavy (non-hydrogen) atoms. The van der Waals surface area contributed by atoms with Gasteiger partial charge < -0.3 is 14.8 Å². The SMILES string of the molecule is O=C(CCN1CCCC1)N1CCc2[nH]c(Br)c(Br)c2C1. The smallest absolute Gasteiger partial charge is 0.224 e. The summed E-state index contributed by atoms with van der Waals surface area (Å²) in [6.45, 7) is 4.78. The first-order valence-corrected chi connectivity index (χ1v) is 8.78. The van der Waals surface area contributed by atoms with Gasteiger partial charge in [-0.25, -0.2) is 0 Å². The van der Waals surface area contributed by atoms with Crippen LogP contribution in [-0.4, -0.2) is 46.9 Å². The van der Waals surface area contributed by atoms with Crippen LogP contribution in [0.2, 0.25) is 0 Å². The van der Waals surface area contributed by atoms with Crippen LogP contribution < -0.4 is 0 Å². The topological polar surface area (TPSA) is 39.3 Å². The molecule has 0 radical (unpaired) electrons. The Hall–Kier alpha value is -0.330. The van der Waals surface area contributed by atoms with Crippen molar-refractivity contribution in [2.45, 2.75) is 32.2 Å². The molecule has 110 valence electrons. The summed E-state index contributed by atoms with van der Waals surface area (Å²) in [4.78, 5) is 20.1. The van der Waals surface area contributed by atoms with Crippen molar-refractivity contribution in [2.24, 2.45) is 0 Å². The number of hydrogen-bond acceptors (Lipinski definition) is 2. The Labute approximate surface area is 136 Å². The van der Waals surface area contributed by atoms with Gasteiger partial charge in [0, 0.05) is 43.7 Å². The second-order valence-corrected chi connectivity index (χ2v) is 7.16. The molecule has 4 nitrogen and oxygen atoms in total. The lowest BCUT2D eigenvalue weighted by atomic mass is 10.1. The van der Waals surface area contributed by atoms with Crippen LogP contribution in [0, 0.1) is 0 Å². The summed E-state index contributed by atoms with van der Waals surface area (Å²) in [6.07, 6.45) is 4.13. The molecule has 6 heteroatoms. The summed E-state index contributed by atoms with van der Waals surface area (Å²) in [6, 6.07) is 0. The molecule has 1 aromatic heterocycles. The number of likely N-dealkylation sites (tertiary alicyclic amines) is 1. The van der Waals surface area contributed by atoms with E-state index in [0.29, 0.717) is 6.42 Å². The Morgan fingerprint density at radius 3 is 2.70 bits per heavy atom. The van der Waals surface area contributed by atoms with Gasteiger partial charge in [-0.15, -0.1) is 0 Å². The van der Waals surface area contributed by atoms with Gasteiger partial charge in [0.2, 0.25) is 5.91 Å². The van der Waals surface area contributed by atoms with E-state index in [9.17, 15) is 4.79 Å². The number of carbonyl (C=O) groups excluding carboxylic acids is 1. The Kier molecular flexibility index (Phi) is 4.52. The Balaban J connectivity index is 1.58. The number of nitrogens with one attached hydrogen (secondary N) is 1. The van der Waals surface area contributed by atoms with E-state index in [-0.39, 0.29) is 5.91 Å². The predicted molar refractivity (Wildman–Crippen MR) is 85.6 cm³/mol. The van der Waals surface area contributed by atoms with E-state index < -0.39 is 0 Å². The van der Waals surface area contributed by atoms with Crippen molar-refractivity contribution in [3.05, 3.63) is 20.3 Å². The van der Waals surface area contributed by atoms with Crippen LogP contribution in [0.15, 0.2) is 9.08 Å². The van der Waals surface area contributed by atoms with Gasteiger partial charge in [-0.05, 0) is 57.8 Å². The summed E-state index contributed by atoms with van der Waals surface area (Å²) in [7, 11) is 0. The molecule has 0 aromatic carbocycles. The molecule has 1 saturated heterocycles. The van der Waals surface area contributed by atoms with Crippen LogP contribution in [0.4, 0.5) is 0 Å². The molecule has 0 bridgehead atoms. The molecule has 1 N–H and O–H groups in total. The fourth-order valence-corrected chi connectivity index (χ4v) is 4.00. The van der Waals surface area contributed by atoms with Crippen LogP contribution >= 0.6 is 31.9 Å². The Morgan fingerprint density at radius 1 is 1.20 bits per heavy atom. The summed E-state index contributed by atoms with van der Waals surface area (Å²) in [5.41, 5.74) is 2.46. The number of carbonyl (C=O) groups is 1. The zero-order chi connectivity index (χ0) is 14.1. The Morgan fingerprint density at radius 2 is 1.95 bits per heavy atom. The maximum Gasteiger partial charge on any atom is 0.224 e. The number of amides is 1. The van der Waals surface area contributed by atoms with Crippen molar-refractivity contribution in [3.8, 4) is 0 Å². The maximum absolute atomic E-state index is 12.3. The van der Waals surface area contributed by atoms with Gasteiger partial charge >= 0.3 is 0 Å². The predicted octanol–water partition coefficient (Wildman–Crippen LogP) is 2.91. The highest BCUT2D eigenvalue weighted by molar-refractivity contribution is 9.13. The first-order valence-electron chi connectivity index (χ1n) is 7.20. The normalized spacial score (nSPS) is 19.4. The molecule has 1 amide bonds. The van der Waals surface area contributed by atoms with E-state index >= 15 is 0 Å². The summed E-state index contributed by atoms with van der Waals surface area (Å²) in [5.74, 6) is 0.284. The quantitative estimate of drug-likeness (QED) is 0.841. The average molecular weight is 405 g/mol. The van der Waals surface area contributed by atoms with Gasteiger partial charge in [0.15, 0.2) is 0 Å². The maximum atomic E-state index is 12.3. The third-order valence-corrected chi connectivity index (χ3v) is 6.26. The Bertz CT molecular complexity index is 509. The largest absolute Gasteiger partial charge is 0.352 e. The molecule has 1 aromatic rings. The van der Waals surface area contributed by atoms with Gasteiger partial charge in [-0.2, -0.15) is 0 Å². The second kappa shape index (κ2) is 6.20. The van der Waals surface area contributed by atoms with E-state index in [2.05, 4.69) is 41.7 Å². The van der Waals surface area contributed by atoms with Crippen molar-refractivity contribution in [3.63, 3.8) is 0 Å². The molecule has 0 spiro atoms. The number of rotatable bonds is 3. The zero-order valence-electron chi connectivity index (χ0n) is 11.4. The molecule has 0 aliphatic carbocycles. The number of nitrogens with zero attached hydrogens (tertiary/aromatic N) is 2. The summed E-state index contributed by atoms with van der Waals surface area (Å²) >= 11 is 7.08. The molecular weight excluding hydrogens is 386 g/mol. The number of fused-ring (bicyclic) bond motifs is 1. The van der Waals surface area contributed by atoms with Crippen LogP contribution in [-0.2, 0) is 17.8 Å². The van der Waals surface area contributed by atoms with Gasteiger partial charge in [-0.3, -0.25) is 4.79 Å². The van der Waals surface area contributed by atoms with Crippen molar-refractivity contribution in [1.82, 2.24) is 14.8 Å². The third kappa shape index (κ3) is 2.97. The number of halogens is 2. The molecule has 2 aliphatic rings. The van der Waals surface area contributed by atoms with Crippen LogP contribution in [0.3, 0.4) is 0 Å². The second-order valence-electron chi connectivity index (χ2n) is 5.57. The van der Waals surface area contributed by atoms with Crippen molar-refractivity contribution in [1.29, 1.82) is 0 Å². The lowest BCUT2D eigenvalue weighted by molar-refractivity contribution is -0.132. The molecular formula is C14H19Br2N3O. The molecule has 0 unspecified atom stereocenters. The number of H-pyrrole nitrogens is 1. The van der Waals surface area contributed by atoms with Crippen molar-refractivity contribution >= 4 is 37.8 Å². The minimum atomic E-state index is 0.284. The van der Waals surface area contributed by atoms with Crippen molar-refractivity contribution < 1.29 is 4.79 Å². The summed E-state index contributed by atoms with van der Waals surface area (Å²) < 4.78 is 2.04. The molecule has 1 fully saturated rings. The van der Waals surface area contributed by atoms with E-state index in [0.717, 1.165) is 48.2 Å². The molecule has 2 aliphatic heterocycles. The number of aromatic amines is 1. The highest BCUT2D eigenvalue weighted by Crippen LogP contribution is 2.33. The average Bonchev–Trinajstić information content (AvgIpc) is 3.06. The number of aromatic nitrogens is 1. The first kappa shape index (κ1) is 14.6. The zero-order valence-corrected chi connectivity index (χ0v) is 14.6. The standard InChI is InChI=1S/C14H19Br2N3O/c15-13-10-9-19(8-3-11(10)17-14(13)16)12(20)4-7-18-5-1-2-6-18/h17H,1-9H2. The monoisotopic (exact) mass is 403 g/mol. The highest BCUT2D eigenvalue weighted by atomic mass is 79.9. The third-order valence-electron chi connectivity index (χ3n) is 4.26. The van der Waals surface area contributed by atoms with Crippen LogP contribution in [0.25, 0.3) is 0 Å². The fraction of sp³-hybridized carbons (Fsp3) is 0.643.